The second kappa shape index (κ2) is 9.17. The minimum absolute atomic E-state index is 0.0284. The molecule has 3 fully saturated rings. The molecule has 0 heterocycles. The number of esters is 1. The second-order valence-electron chi connectivity index (χ2n) is 14.8. The Balaban J connectivity index is 1.75. The van der Waals surface area contributed by atoms with Crippen molar-refractivity contribution in [3.05, 3.63) is 23.8 Å². The van der Waals surface area contributed by atoms with Crippen LogP contribution in [-0.2, 0) is 23.9 Å². The number of hydrogen-bond donors (Lipinski definition) is 3. The van der Waals surface area contributed by atoms with Crippen LogP contribution >= 0.6 is 0 Å². The van der Waals surface area contributed by atoms with Crippen molar-refractivity contribution >= 4 is 23.3 Å². The number of carbonyl (C=O) groups is 4. The topological polar surface area (TPSA) is 138 Å². The highest BCUT2D eigenvalue weighted by Gasteiger charge is 2.74. The van der Waals surface area contributed by atoms with Crippen LogP contribution in [0.5, 0.6) is 0 Å². The summed E-state index contributed by atoms with van der Waals surface area (Å²) in [5, 5.41) is 34.0. The number of rotatable bonds is 5. The SMILES string of the molecule is CC(=O)OC(C)(C)/C=C/C(=O)[C@](C)(O)[C@H]1[C@H](O)C[C@@]2(C)[C@@H]3CC=C4[C@@H](C[C@H](O)C(=O)C4(C)C)[C@@]3(C)C(=O)C[C@]12C. The number of ketones is 3. The van der Waals surface area contributed by atoms with Gasteiger partial charge in [0, 0.05) is 30.1 Å². The molecule has 0 aromatic carbocycles. The van der Waals surface area contributed by atoms with Crippen molar-refractivity contribution in [2.75, 3.05) is 0 Å². The fourth-order valence-electron chi connectivity index (χ4n) is 9.40. The largest absolute Gasteiger partial charge is 0.456 e. The number of carbonyl (C=O) groups excluding carboxylic acids is 4. The summed E-state index contributed by atoms with van der Waals surface area (Å²) < 4.78 is 5.23. The first-order valence-corrected chi connectivity index (χ1v) is 14.4. The van der Waals surface area contributed by atoms with Gasteiger partial charge in [-0.25, -0.2) is 0 Å². The van der Waals surface area contributed by atoms with E-state index in [1.807, 2.05) is 27.7 Å². The summed E-state index contributed by atoms with van der Waals surface area (Å²) in [6, 6.07) is 0. The van der Waals surface area contributed by atoms with E-state index in [4.69, 9.17) is 4.74 Å². The van der Waals surface area contributed by atoms with Gasteiger partial charge < -0.3 is 20.1 Å². The molecule has 9 atom stereocenters. The van der Waals surface area contributed by atoms with E-state index in [0.29, 0.717) is 12.8 Å². The van der Waals surface area contributed by atoms with Gasteiger partial charge in [-0.1, -0.05) is 32.4 Å². The molecule has 0 aliphatic heterocycles. The average molecular weight is 559 g/mol. The van der Waals surface area contributed by atoms with Crippen LogP contribution < -0.4 is 0 Å². The van der Waals surface area contributed by atoms with Crippen molar-refractivity contribution in [2.45, 2.75) is 111 Å². The predicted molar refractivity (Wildman–Crippen MR) is 148 cm³/mol. The van der Waals surface area contributed by atoms with E-state index in [-0.39, 0.29) is 36.2 Å². The van der Waals surface area contributed by atoms with Gasteiger partial charge in [0.25, 0.3) is 0 Å². The van der Waals surface area contributed by atoms with Crippen molar-refractivity contribution in [1.29, 1.82) is 0 Å². The van der Waals surface area contributed by atoms with E-state index in [9.17, 15) is 34.5 Å². The molecule has 0 amide bonds. The molecule has 40 heavy (non-hydrogen) atoms. The second-order valence-corrected chi connectivity index (χ2v) is 14.8. The Morgan fingerprint density at radius 1 is 1.05 bits per heavy atom. The first kappa shape index (κ1) is 30.8. The molecule has 8 nitrogen and oxygen atoms in total. The zero-order valence-electron chi connectivity index (χ0n) is 25.3. The van der Waals surface area contributed by atoms with Gasteiger partial charge in [-0.05, 0) is 88.7 Å². The van der Waals surface area contributed by atoms with Crippen LogP contribution in [0.2, 0.25) is 0 Å². The zero-order chi connectivity index (χ0) is 30.4. The summed E-state index contributed by atoms with van der Waals surface area (Å²) in [6.45, 7) is 15.4. The fraction of sp³-hybridized carbons (Fsp3) is 0.750. The quantitative estimate of drug-likeness (QED) is 0.265. The molecule has 0 bridgehead atoms. The van der Waals surface area contributed by atoms with Crippen LogP contribution in [0.25, 0.3) is 0 Å². The number of hydrogen-bond acceptors (Lipinski definition) is 8. The highest BCUT2D eigenvalue weighted by Crippen LogP contribution is 2.74. The molecular weight excluding hydrogens is 512 g/mol. The Labute approximate surface area is 237 Å². The van der Waals surface area contributed by atoms with Crippen LogP contribution in [0.1, 0.15) is 88.0 Å². The number of aliphatic hydroxyl groups excluding tert-OH is 2. The summed E-state index contributed by atoms with van der Waals surface area (Å²) in [7, 11) is 0. The molecule has 3 N–H and O–H groups in total. The lowest BCUT2D eigenvalue weighted by molar-refractivity contribution is -0.183. The average Bonchev–Trinajstić information content (AvgIpc) is 3.01. The molecule has 3 saturated carbocycles. The van der Waals surface area contributed by atoms with E-state index in [1.54, 1.807) is 13.8 Å². The van der Waals surface area contributed by atoms with Crippen LogP contribution in [0.4, 0.5) is 0 Å². The Bertz CT molecular complexity index is 1210. The van der Waals surface area contributed by atoms with Crippen LogP contribution in [0.15, 0.2) is 23.8 Å². The highest BCUT2D eigenvalue weighted by molar-refractivity contribution is 5.98. The summed E-state index contributed by atoms with van der Waals surface area (Å²) in [6.07, 6.45) is 3.55. The zero-order valence-corrected chi connectivity index (χ0v) is 25.3. The maximum absolute atomic E-state index is 14.3. The lowest BCUT2D eigenvalue weighted by Crippen LogP contribution is -2.65. The van der Waals surface area contributed by atoms with Gasteiger partial charge >= 0.3 is 5.97 Å². The minimum atomic E-state index is -1.99. The van der Waals surface area contributed by atoms with Gasteiger partial charge in [-0.3, -0.25) is 19.2 Å². The predicted octanol–water partition coefficient (Wildman–Crippen LogP) is 3.50. The number of ether oxygens (including phenoxy) is 1. The Morgan fingerprint density at radius 2 is 1.65 bits per heavy atom. The first-order chi connectivity index (χ1) is 18.1. The normalized spacial score (nSPS) is 42.4. The smallest absolute Gasteiger partial charge is 0.303 e. The number of allylic oxidation sites excluding steroid dienone is 2. The van der Waals surface area contributed by atoms with Gasteiger partial charge in [-0.15, -0.1) is 0 Å². The first-order valence-electron chi connectivity index (χ1n) is 14.4. The van der Waals surface area contributed by atoms with Crippen LogP contribution in [-0.4, -0.2) is 62.0 Å². The third-order valence-electron chi connectivity index (χ3n) is 11.5. The van der Waals surface area contributed by atoms with Gasteiger partial charge in [0.05, 0.1) is 6.10 Å². The molecule has 222 valence electrons. The number of aliphatic hydroxyl groups is 3. The maximum Gasteiger partial charge on any atom is 0.303 e. The molecule has 0 saturated heterocycles. The molecule has 8 heteroatoms. The third-order valence-corrected chi connectivity index (χ3v) is 11.5. The van der Waals surface area contributed by atoms with Crippen molar-refractivity contribution in [3.8, 4) is 0 Å². The summed E-state index contributed by atoms with van der Waals surface area (Å²) in [5.41, 5.74) is -5.43. The van der Waals surface area contributed by atoms with Crippen LogP contribution in [0.3, 0.4) is 0 Å². The fourth-order valence-corrected chi connectivity index (χ4v) is 9.40. The molecule has 4 aliphatic rings. The molecule has 0 aromatic heterocycles. The standard InChI is InChI=1S/C32H46O8/c1-17(33)40-27(2,3)13-12-23(36)32(9,39)25-21(35)15-29(6)22-11-10-18-19(14-20(34)26(38)28(18,4)5)31(22,8)24(37)16-30(25,29)7/h10,12-13,19-22,25,34-35,39H,11,14-16H2,1-9H3/b13-12+/t19-,20+,21-,22+,25+,29+,30-,31-,32+/m1/s1. The molecule has 0 unspecified atom stereocenters. The van der Waals surface area contributed by atoms with Crippen molar-refractivity contribution < 1.29 is 39.2 Å². The molecule has 0 aromatic rings. The molecular formula is C32H46O8. The highest BCUT2D eigenvalue weighted by atomic mass is 16.6. The van der Waals surface area contributed by atoms with E-state index < -0.39 is 62.7 Å². The summed E-state index contributed by atoms with van der Waals surface area (Å²) in [4.78, 5) is 52.1. The molecule has 0 radical (unpaired) electrons. The molecule has 0 spiro atoms. The Hall–Kier alpha value is -2.16. The van der Waals surface area contributed by atoms with E-state index >= 15 is 0 Å². The van der Waals surface area contributed by atoms with E-state index in [1.165, 1.54) is 26.0 Å². The maximum atomic E-state index is 14.3. The monoisotopic (exact) mass is 558 g/mol. The third kappa shape index (κ3) is 4.11. The van der Waals surface area contributed by atoms with Crippen LogP contribution in [0, 0.1) is 39.4 Å². The Morgan fingerprint density at radius 3 is 2.23 bits per heavy atom. The number of Topliss-reactive ketones (excluding diaryl/α,β-unsaturated/α-hetero) is 2. The lowest BCUT2D eigenvalue weighted by atomic mass is 9.38. The van der Waals surface area contributed by atoms with E-state index in [2.05, 4.69) is 13.0 Å². The Kier molecular flexibility index (Phi) is 7.06. The van der Waals surface area contributed by atoms with Gasteiger partial charge in [0.2, 0.25) is 0 Å². The number of fused-ring (bicyclic) bond motifs is 5. The van der Waals surface area contributed by atoms with Gasteiger partial charge in [0.1, 0.15) is 23.1 Å². The van der Waals surface area contributed by atoms with Gasteiger partial charge in [0.15, 0.2) is 11.6 Å². The lowest BCUT2D eigenvalue weighted by Gasteiger charge is -2.64. The van der Waals surface area contributed by atoms with Crippen molar-refractivity contribution in [1.82, 2.24) is 0 Å². The van der Waals surface area contributed by atoms with Crippen molar-refractivity contribution in [3.63, 3.8) is 0 Å². The molecule has 4 rings (SSSR count). The van der Waals surface area contributed by atoms with Gasteiger partial charge in [-0.2, -0.15) is 0 Å². The molecule has 4 aliphatic carbocycles. The minimum Gasteiger partial charge on any atom is -0.456 e. The van der Waals surface area contributed by atoms with E-state index in [0.717, 1.165) is 5.57 Å². The summed E-state index contributed by atoms with van der Waals surface area (Å²) >= 11 is 0. The van der Waals surface area contributed by atoms with Crippen molar-refractivity contribution in [2.24, 2.45) is 39.4 Å². The summed E-state index contributed by atoms with van der Waals surface area (Å²) in [5.74, 6) is -2.85.